The van der Waals surface area contributed by atoms with E-state index in [1.54, 1.807) is 38.5 Å². The third kappa shape index (κ3) is 3.55. The fourth-order valence-corrected chi connectivity index (χ4v) is 3.05. The maximum Gasteiger partial charge on any atom is 0.248 e. The number of nitrogens with one attached hydrogen (secondary N) is 1. The second-order valence-corrected chi connectivity index (χ2v) is 5.97. The van der Waals surface area contributed by atoms with Gasteiger partial charge in [-0.05, 0) is 30.3 Å². The lowest BCUT2D eigenvalue weighted by molar-refractivity contribution is -0.111. The zero-order chi connectivity index (χ0) is 16.9. The number of thiazole rings is 1. The van der Waals surface area contributed by atoms with E-state index in [1.165, 1.54) is 17.4 Å². The Hall–Kier alpha value is -2.86. The van der Waals surface area contributed by atoms with Crippen LogP contribution in [0.25, 0.3) is 16.3 Å². The highest BCUT2D eigenvalue weighted by Crippen LogP contribution is 2.29. The van der Waals surface area contributed by atoms with Crippen LogP contribution in [0.15, 0.2) is 48.5 Å². The fraction of sp³-hybridized carbons (Fsp3) is 0.111. The van der Waals surface area contributed by atoms with E-state index in [0.717, 1.165) is 15.2 Å². The van der Waals surface area contributed by atoms with Crippen LogP contribution < -0.4 is 14.8 Å². The molecule has 1 N–H and O–H groups in total. The number of anilines is 1. The number of hydrogen-bond donors (Lipinski definition) is 1. The SMILES string of the molecule is COc1ccc(NC(=O)C=Cc2nc3ccccc3s2)c(OC)c1. The van der Waals surface area contributed by atoms with Crippen molar-refractivity contribution in [3.63, 3.8) is 0 Å². The Balaban J connectivity index is 1.73. The Bertz CT molecular complexity index is 869. The molecule has 0 unspecified atom stereocenters. The second-order valence-electron chi connectivity index (χ2n) is 4.91. The molecule has 1 amide bonds. The average Bonchev–Trinajstić information content (AvgIpc) is 3.03. The Kier molecular flexibility index (Phi) is 4.77. The summed E-state index contributed by atoms with van der Waals surface area (Å²) >= 11 is 1.54. The monoisotopic (exact) mass is 340 g/mol. The number of methoxy groups -OCH3 is 2. The molecule has 0 aliphatic heterocycles. The van der Waals surface area contributed by atoms with E-state index in [-0.39, 0.29) is 5.91 Å². The van der Waals surface area contributed by atoms with E-state index in [4.69, 9.17) is 9.47 Å². The maximum atomic E-state index is 12.1. The smallest absolute Gasteiger partial charge is 0.248 e. The summed E-state index contributed by atoms with van der Waals surface area (Å²) in [5.74, 6) is 0.948. The number of fused-ring (bicyclic) bond motifs is 1. The standard InChI is InChI=1S/C18H16N2O3S/c1-22-12-7-8-13(15(11-12)23-2)19-17(21)9-10-18-20-14-5-3-4-6-16(14)24-18/h3-11H,1-2H3,(H,19,21). The summed E-state index contributed by atoms with van der Waals surface area (Å²) < 4.78 is 11.5. The zero-order valence-electron chi connectivity index (χ0n) is 13.3. The van der Waals surface area contributed by atoms with Gasteiger partial charge < -0.3 is 14.8 Å². The number of nitrogens with zero attached hydrogens (tertiary/aromatic N) is 1. The van der Waals surface area contributed by atoms with Crippen LogP contribution in [0.5, 0.6) is 11.5 Å². The molecule has 0 atom stereocenters. The van der Waals surface area contributed by atoms with Crippen LogP contribution in [0.1, 0.15) is 5.01 Å². The molecule has 0 bridgehead atoms. The van der Waals surface area contributed by atoms with Crippen molar-refractivity contribution in [2.24, 2.45) is 0 Å². The van der Waals surface area contributed by atoms with E-state index in [1.807, 2.05) is 24.3 Å². The molecule has 0 saturated heterocycles. The van der Waals surface area contributed by atoms with Gasteiger partial charge in [-0.2, -0.15) is 0 Å². The van der Waals surface area contributed by atoms with Crippen molar-refractivity contribution in [2.45, 2.75) is 0 Å². The molecular weight excluding hydrogens is 324 g/mol. The molecular formula is C18H16N2O3S. The summed E-state index contributed by atoms with van der Waals surface area (Å²) in [4.78, 5) is 16.6. The van der Waals surface area contributed by atoms with Gasteiger partial charge in [0.15, 0.2) is 0 Å². The van der Waals surface area contributed by atoms with Crippen LogP contribution in [0, 0.1) is 0 Å². The number of carbonyl (C=O) groups excluding carboxylic acids is 1. The molecule has 6 heteroatoms. The lowest BCUT2D eigenvalue weighted by Crippen LogP contribution is -2.08. The number of carbonyl (C=O) groups is 1. The quantitative estimate of drug-likeness (QED) is 0.714. The van der Waals surface area contributed by atoms with Gasteiger partial charge in [0.1, 0.15) is 16.5 Å². The molecule has 122 valence electrons. The summed E-state index contributed by atoms with van der Waals surface area (Å²) in [6.45, 7) is 0. The molecule has 0 fully saturated rings. The van der Waals surface area contributed by atoms with E-state index >= 15 is 0 Å². The van der Waals surface area contributed by atoms with Crippen LogP contribution in [-0.2, 0) is 4.79 Å². The van der Waals surface area contributed by atoms with Crippen LogP contribution in [0.4, 0.5) is 5.69 Å². The lowest BCUT2D eigenvalue weighted by Gasteiger charge is -2.10. The summed E-state index contributed by atoms with van der Waals surface area (Å²) in [6, 6.07) is 13.1. The largest absolute Gasteiger partial charge is 0.497 e. The molecule has 2 aromatic carbocycles. The highest BCUT2D eigenvalue weighted by atomic mass is 32.1. The minimum atomic E-state index is -0.252. The van der Waals surface area contributed by atoms with Crippen molar-refractivity contribution in [3.8, 4) is 11.5 Å². The van der Waals surface area contributed by atoms with Gasteiger partial charge in [0.05, 0.1) is 30.1 Å². The van der Waals surface area contributed by atoms with Gasteiger partial charge in [0, 0.05) is 12.1 Å². The van der Waals surface area contributed by atoms with Crippen molar-refractivity contribution in [1.82, 2.24) is 4.98 Å². The molecule has 5 nitrogen and oxygen atoms in total. The van der Waals surface area contributed by atoms with Crippen molar-refractivity contribution in [2.75, 3.05) is 19.5 Å². The number of para-hydroxylation sites is 1. The van der Waals surface area contributed by atoms with Crippen LogP contribution in [0.2, 0.25) is 0 Å². The number of aromatic nitrogens is 1. The van der Waals surface area contributed by atoms with Crippen LogP contribution in [-0.4, -0.2) is 25.1 Å². The fourth-order valence-electron chi connectivity index (χ4n) is 2.18. The molecule has 3 aromatic rings. The van der Waals surface area contributed by atoms with Gasteiger partial charge >= 0.3 is 0 Å². The number of amides is 1. The third-order valence-corrected chi connectivity index (χ3v) is 4.36. The summed E-state index contributed by atoms with van der Waals surface area (Å²) in [5, 5.41) is 3.57. The minimum absolute atomic E-state index is 0.252. The Labute approximate surface area is 143 Å². The molecule has 3 rings (SSSR count). The third-order valence-electron chi connectivity index (χ3n) is 3.35. The first-order valence-electron chi connectivity index (χ1n) is 7.26. The predicted octanol–water partition coefficient (Wildman–Crippen LogP) is 3.97. The van der Waals surface area contributed by atoms with Crippen molar-refractivity contribution >= 4 is 39.2 Å². The Morgan fingerprint density at radius 1 is 1.17 bits per heavy atom. The maximum absolute atomic E-state index is 12.1. The van der Waals surface area contributed by atoms with Gasteiger partial charge in [0.25, 0.3) is 0 Å². The molecule has 0 radical (unpaired) electrons. The van der Waals surface area contributed by atoms with Crippen molar-refractivity contribution < 1.29 is 14.3 Å². The topological polar surface area (TPSA) is 60.5 Å². The predicted molar refractivity (Wildman–Crippen MR) is 96.8 cm³/mol. The molecule has 0 aliphatic carbocycles. The van der Waals surface area contributed by atoms with E-state index < -0.39 is 0 Å². The van der Waals surface area contributed by atoms with Crippen molar-refractivity contribution in [3.05, 3.63) is 53.5 Å². The first-order chi connectivity index (χ1) is 11.7. The molecule has 24 heavy (non-hydrogen) atoms. The van der Waals surface area contributed by atoms with E-state index in [9.17, 15) is 4.79 Å². The summed E-state index contributed by atoms with van der Waals surface area (Å²) in [5.41, 5.74) is 1.51. The van der Waals surface area contributed by atoms with Crippen molar-refractivity contribution in [1.29, 1.82) is 0 Å². The Morgan fingerprint density at radius 2 is 2.00 bits per heavy atom. The van der Waals surface area contributed by atoms with Gasteiger partial charge in [-0.15, -0.1) is 11.3 Å². The number of rotatable bonds is 5. The first kappa shape index (κ1) is 16.0. The van der Waals surface area contributed by atoms with Gasteiger partial charge in [0.2, 0.25) is 5.91 Å². The number of benzene rings is 2. The molecule has 0 aliphatic rings. The number of hydrogen-bond acceptors (Lipinski definition) is 5. The van der Waals surface area contributed by atoms with E-state index in [0.29, 0.717) is 17.2 Å². The molecule has 1 aromatic heterocycles. The molecule has 0 saturated carbocycles. The second kappa shape index (κ2) is 7.14. The van der Waals surface area contributed by atoms with E-state index in [2.05, 4.69) is 10.3 Å². The zero-order valence-corrected chi connectivity index (χ0v) is 14.1. The minimum Gasteiger partial charge on any atom is -0.497 e. The van der Waals surface area contributed by atoms with Gasteiger partial charge in [-0.25, -0.2) is 4.98 Å². The molecule has 1 heterocycles. The normalized spacial score (nSPS) is 10.9. The van der Waals surface area contributed by atoms with Gasteiger partial charge in [-0.3, -0.25) is 4.79 Å². The van der Waals surface area contributed by atoms with Crippen LogP contribution in [0.3, 0.4) is 0 Å². The summed E-state index contributed by atoms with van der Waals surface area (Å²) in [6.07, 6.45) is 3.16. The number of ether oxygens (including phenoxy) is 2. The first-order valence-corrected chi connectivity index (χ1v) is 8.08. The Morgan fingerprint density at radius 3 is 2.75 bits per heavy atom. The lowest BCUT2D eigenvalue weighted by atomic mass is 10.2. The van der Waals surface area contributed by atoms with Crippen LogP contribution >= 0.6 is 11.3 Å². The highest BCUT2D eigenvalue weighted by molar-refractivity contribution is 7.19. The average molecular weight is 340 g/mol. The summed E-state index contributed by atoms with van der Waals surface area (Å²) in [7, 11) is 3.12. The molecule has 0 spiro atoms. The highest BCUT2D eigenvalue weighted by Gasteiger charge is 2.07. The van der Waals surface area contributed by atoms with Gasteiger partial charge in [-0.1, -0.05) is 12.1 Å².